The third-order valence-electron chi connectivity index (χ3n) is 3.06. The van der Waals surface area contributed by atoms with Crippen LogP contribution in [-0.4, -0.2) is 48.2 Å². The number of hydrogen-bond donors (Lipinski definition) is 2. The Bertz CT molecular complexity index is 595. The molecule has 0 radical (unpaired) electrons. The Labute approximate surface area is 128 Å². The fraction of sp³-hybridized carbons (Fsp3) is 0.455. The van der Waals surface area contributed by atoms with E-state index >= 15 is 0 Å². The standard InChI is InChI=1S/C11H13Br2NO4S/c1-6-2-8(13)11(3-7(6)12)19(17,18)14-4-9(15)10(16)5-14/h2-3,9-10,15-16H,4-5H2,1H3/t9-,10+. The molecular weight excluding hydrogens is 402 g/mol. The SMILES string of the molecule is Cc1cc(Br)c(S(=O)(=O)N2C[C@@H](O)[C@@H](O)C2)cc1Br. The molecule has 1 aromatic rings. The van der Waals surface area contributed by atoms with Gasteiger partial charge in [0, 0.05) is 22.0 Å². The van der Waals surface area contributed by atoms with E-state index in [2.05, 4.69) is 31.9 Å². The van der Waals surface area contributed by atoms with E-state index in [4.69, 9.17) is 0 Å². The fourth-order valence-corrected chi connectivity index (χ4v) is 5.01. The number of aliphatic hydroxyl groups excluding tert-OH is 2. The summed E-state index contributed by atoms with van der Waals surface area (Å²) in [5, 5.41) is 18.9. The van der Waals surface area contributed by atoms with Crippen LogP contribution in [0.1, 0.15) is 5.56 Å². The van der Waals surface area contributed by atoms with Crippen LogP contribution in [0.2, 0.25) is 0 Å². The molecule has 8 heteroatoms. The Morgan fingerprint density at radius 2 is 1.68 bits per heavy atom. The highest BCUT2D eigenvalue weighted by molar-refractivity contribution is 9.11. The minimum absolute atomic E-state index is 0.0958. The van der Waals surface area contributed by atoms with Gasteiger partial charge in [-0.15, -0.1) is 0 Å². The maximum absolute atomic E-state index is 12.5. The quantitative estimate of drug-likeness (QED) is 0.763. The van der Waals surface area contributed by atoms with Gasteiger partial charge in [-0.1, -0.05) is 15.9 Å². The van der Waals surface area contributed by atoms with Crippen LogP contribution < -0.4 is 0 Å². The summed E-state index contributed by atoms with van der Waals surface area (Å²) in [5.41, 5.74) is 0.910. The van der Waals surface area contributed by atoms with Crippen molar-refractivity contribution in [2.24, 2.45) is 0 Å². The van der Waals surface area contributed by atoms with E-state index in [0.717, 1.165) is 9.87 Å². The van der Waals surface area contributed by atoms with E-state index in [1.54, 1.807) is 6.07 Å². The lowest BCUT2D eigenvalue weighted by molar-refractivity contribution is 0.0572. The van der Waals surface area contributed by atoms with Crippen molar-refractivity contribution in [3.8, 4) is 0 Å². The minimum atomic E-state index is -3.74. The monoisotopic (exact) mass is 413 g/mol. The summed E-state index contributed by atoms with van der Waals surface area (Å²) in [6.45, 7) is 1.66. The number of halogens is 2. The lowest BCUT2D eigenvalue weighted by Crippen LogP contribution is -2.30. The molecule has 2 atom stereocenters. The molecule has 0 bridgehead atoms. The molecule has 0 unspecified atom stereocenters. The van der Waals surface area contributed by atoms with Crippen LogP contribution in [0.4, 0.5) is 0 Å². The Morgan fingerprint density at radius 1 is 1.16 bits per heavy atom. The number of aryl methyl sites for hydroxylation is 1. The van der Waals surface area contributed by atoms with Crippen molar-refractivity contribution in [2.75, 3.05) is 13.1 Å². The third-order valence-corrected chi connectivity index (χ3v) is 6.70. The van der Waals surface area contributed by atoms with Gasteiger partial charge in [0.05, 0.1) is 17.1 Å². The van der Waals surface area contributed by atoms with E-state index in [1.807, 2.05) is 6.92 Å². The molecular formula is C11H13Br2NO4S. The molecule has 0 spiro atoms. The van der Waals surface area contributed by atoms with Crippen molar-refractivity contribution in [3.05, 3.63) is 26.6 Å². The summed E-state index contributed by atoms with van der Waals surface area (Å²) in [4.78, 5) is 0.117. The predicted molar refractivity (Wildman–Crippen MR) is 77.4 cm³/mol. The van der Waals surface area contributed by atoms with Crippen LogP contribution in [0, 0.1) is 6.92 Å². The zero-order valence-electron chi connectivity index (χ0n) is 10.0. The van der Waals surface area contributed by atoms with Crippen molar-refractivity contribution in [2.45, 2.75) is 24.0 Å². The third kappa shape index (κ3) is 2.88. The zero-order chi connectivity index (χ0) is 14.4. The lowest BCUT2D eigenvalue weighted by atomic mass is 10.2. The van der Waals surface area contributed by atoms with E-state index < -0.39 is 22.2 Å². The Kier molecular flexibility index (Phi) is 4.39. The normalized spacial score (nSPS) is 24.9. The summed E-state index contributed by atoms with van der Waals surface area (Å²) in [7, 11) is -3.74. The molecule has 5 nitrogen and oxygen atoms in total. The van der Waals surface area contributed by atoms with Crippen molar-refractivity contribution >= 4 is 41.9 Å². The number of sulfonamides is 1. The molecule has 2 N–H and O–H groups in total. The zero-order valence-corrected chi connectivity index (χ0v) is 14.0. The first kappa shape index (κ1) is 15.4. The van der Waals surface area contributed by atoms with Gasteiger partial charge in [0.2, 0.25) is 10.0 Å². The minimum Gasteiger partial charge on any atom is -0.389 e. The first-order valence-electron chi connectivity index (χ1n) is 5.55. The molecule has 0 aromatic heterocycles. The number of rotatable bonds is 2. The van der Waals surface area contributed by atoms with Gasteiger partial charge in [-0.3, -0.25) is 0 Å². The highest BCUT2D eigenvalue weighted by Gasteiger charge is 2.38. The van der Waals surface area contributed by atoms with Gasteiger partial charge in [-0.25, -0.2) is 8.42 Å². The second kappa shape index (κ2) is 5.42. The molecule has 1 aliphatic rings. The number of aliphatic hydroxyl groups is 2. The molecule has 1 fully saturated rings. The number of nitrogens with zero attached hydrogens (tertiary/aromatic N) is 1. The Hall–Kier alpha value is 0.01000. The second-order valence-corrected chi connectivity index (χ2v) is 8.10. The number of benzene rings is 1. The Morgan fingerprint density at radius 3 is 2.21 bits per heavy atom. The molecule has 0 aliphatic carbocycles. The first-order valence-corrected chi connectivity index (χ1v) is 8.58. The van der Waals surface area contributed by atoms with E-state index in [-0.39, 0.29) is 18.0 Å². The largest absolute Gasteiger partial charge is 0.389 e. The topological polar surface area (TPSA) is 77.8 Å². The van der Waals surface area contributed by atoms with E-state index in [1.165, 1.54) is 6.07 Å². The highest BCUT2D eigenvalue weighted by Crippen LogP contribution is 2.32. The van der Waals surface area contributed by atoms with Gasteiger partial charge in [0.25, 0.3) is 0 Å². The molecule has 1 saturated heterocycles. The van der Waals surface area contributed by atoms with Crippen molar-refractivity contribution < 1.29 is 18.6 Å². The van der Waals surface area contributed by atoms with Gasteiger partial charge >= 0.3 is 0 Å². The molecule has 106 valence electrons. The molecule has 1 aliphatic heterocycles. The average Bonchev–Trinajstić information content (AvgIpc) is 2.65. The molecule has 19 heavy (non-hydrogen) atoms. The van der Waals surface area contributed by atoms with Gasteiger partial charge in [-0.2, -0.15) is 4.31 Å². The van der Waals surface area contributed by atoms with Crippen LogP contribution in [0.5, 0.6) is 0 Å². The molecule has 2 rings (SSSR count). The van der Waals surface area contributed by atoms with Crippen LogP contribution >= 0.6 is 31.9 Å². The second-order valence-electron chi connectivity index (χ2n) is 4.49. The van der Waals surface area contributed by atoms with Gasteiger partial charge in [0.15, 0.2) is 0 Å². The lowest BCUT2D eigenvalue weighted by Gasteiger charge is -2.17. The molecule has 1 heterocycles. The Balaban J connectivity index is 2.43. The van der Waals surface area contributed by atoms with Crippen LogP contribution in [0.15, 0.2) is 26.0 Å². The van der Waals surface area contributed by atoms with Crippen LogP contribution in [-0.2, 0) is 10.0 Å². The summed E-state index contributed by atoms with van der Waals surface area (Å²) in [5.74, 6) is 0. The summed E-state index contributed by atoms with van der Waals surface area (Å²) in [6.07, 6.45) is -2.08. The van der Waals surface area contributed by atoms with Crippen molar-refractivity contribution in [3.63, 3.8) is 0 Å². The summed E-state index contributed by atoms with van der Waals surface area (Å²) in [6, 6.07) is 3.23. The smallest absolute Gasteiger partial charge is 0.244 e. The van der Waals surface area contributed by atoms with Crippen molar-refractivity contribution in [1.82, 2.24) is 4.31 Å². The number of β-amino-alcohol motifs (C(OH)–C–C–N with tert-alkyl or cyclic N) is 2. The average molecular weight is 415 g/mol. The highest BCUT2D eigenvalue weighted by atomic mass is 79.9. The first-order chi connectivity index (χ1) is 8.73. The van der Waals surface area contributed by atoms with Crippen LogP contribution in [0.25, 0.3) is 0 Å². The van der Waals surface area contributed by atoms with Gasteiger partial charge in [0.1, 0.15) is 0 Å². The van der Waals surface area contributed by atoms with E-state index in [9.17, 15) is 18.6 Å². The summed E-state index contributed by atoms with van der Waals surface area (Å²) >= 11 is 6.55. The molecule has 0 saturated carbocycles. The van der Waals surface area contributed by atoms with Gasteiger partial charge in [-0.05, 0) is 40.5 Å². The maximum Gasteiger partial charge on any atom is 0.244 e. The van der Waals surface area contributed by atoms with Gasteiger partial charge < -0.3 is 10.2 Å². The number of hydrogen-bond acceptors (Lipinski definition) is 4. The predicted octanol–water partition coefficient (Wildman–Crippen LogP) is 1.25. The molecule has 1 aromatic carbocycles. The molecule has 0 amide bonds. The van der Waals surface area contributed by atoms with Crippen LogP contribution in [0.3, 0.4) is 0 Å². The summed E-state index contributed by atoms with van der Waals surface area (Å²) < 4.78 is 27.2. The maximum atomic E-state index is 12.5. The van der Waals surface area contributed by atoms with Crippen molar-refractivity contribution in [1.29, 1.82) is 0 Å². The van der Waals surface area contributed by atoms with E-state index in [0.29, 0.717) is 8.95 Å². The fourth-order valence-electron chi connectivity index (χ4n) is 1.90.